The van der Waals surface area contributed by atoms with Crippen LogP contribution < -0.4 is 4.90 Å². The van der Waals surface area contributed by atoms with Crippen molar-refractivity contribution in [1.82, 2.24) is 4.57 Å². The van der Waals surface area contributed by atoms with Crippen molar-refractivity contribution in [2.75, 3.05) is 4.90 Å². The van der Waals surface area contributed by atoms with E-state index >= 15 is 0 Å². The summed E-state index contributed by atoms with van der Waals surface area (Å²) in [6, 6.07) is 73.9. The monoisotopic (exact) mass is 702 g/mol. The van der Waals surface area contributed by atoms with Crippen LogP contribution in [0, 0.1) is 0 Å². The van der Waals surface area contributed by atoms with Gasteiger partial charge >= 0.3 is 0 Å². The fraction of sp³-hybridized carbons (Fsp3) is 0. The van der Waals surface area contributed by atoms with E-state index in [-0.39, 0.29) is 0 Å². The van der Waals surface area contributed by atoms with E-state index in [1.807, 2.05) is 12.1 Å². The molecule has 0 N–H and O–H groups in total. The van der Waals surface area contributed by atoms with Gasteiger partial charge in [-0.1, -0.05) is 133 Å². The molecule has 0 radical (unpaired) electrons. The second kappa shape index (κ2) is 12.6. The smallest absolute Gasteiger partial charge is 0.136 e. The van der Waals surface area contributed by atoms with E-state index in [2.05, 4.69) is 204 Å². The summed E-state index contributed by atoms with van der Waals surface area (Å²) in [5.74, 6) is 0. The first-order valence-electron chi connectivity index (χ1n) is 18.8. The van der Waals surface area contributed by atoms with Gasteiger partial charge in [0.05, 0.1) is 11.0 Å². The lowest BCUT2D eigenvalue weighted by Crippen LogP contribution is -2.09. The molecule has 2 heterocycles. The minimum absolute atomic E-state index is 0.911. The quantitative estimate of drug-likeness (QED) is 0.172. The summed E-state index contributed by atoms with van der Waals surface area (Å²) in [7, 11) is 0. The van der Waals surface area contributed by atoms with E-state index in [1.165, 1.54) is 54.8 Å². The lowest BCUT2D eigenvalue weighted by molar-refractivity contribution is 0.669. The highest BCUT2D eigenvalue weighted by Gasteiger charge is 2.17. The Balaban J connectivity index is 0.981. The first-order chi connectivity index (χ1) is 27.3. The van der Waals surface area contributed by atoms with Crippen LogP contribution in [0.2, 0.25) is 0 Å². The van der Waals surface area contributed by atoms with Gasteiger partial charge in [0, 0.05) is 44.3 Å². The van der Waals surface area contributed by atoms with Gasteiger partial charge in [0.2, 0.25) is 0 Å². The molecule has 3 heteroatoms. The van der Waals surface area contributed by atoms with E-state index in [0.29, 0.717) is 0 Å². The second-order valence-electron chi connectivity index (χ2n) is 14.2. The van der Waals surface area contributed by atoms with E-state index in [9.17, 15) is 0 Å². The molecular formula is C52H34N2O. The zero-order valence-electron chi connectivity index (χ0n) is 29.9. The molecule has 11 rings (SSSR count). The van der Waals surface area contributed by atoms with Crippen LogP contribution in [0.15, 0.2) is 211 Å². The Labute approximate surface area is 318 Å². The predicted octanol–water partition coefficient (Wildman–Crippen LogP) is 14.6. The van der Waals surface area contributed by atoms with Crippen LogP contribution in [0.25, 0.3) is 82.5 Å². The van der Waals surface area contributed by atoms with E-state index in [4.69, 9.17) is 4.42 Å². The summed E-state index contributed by atoms with van der Waals surface area (Å²) in [6.45, 7) is 0. The SMILES string of the molecule is c1ccc(-c2ccc(N(c3ccc(-c4ccc(-n5c6ccccc6c6ccccc65)cc4)cc3)c3ccc4c(ccc5oc6ccccc6c54)c3)cc2)cc1. The van der Waals surface area contributed by atoms with Crippen LogP contribution in [-0.2, 0) is 0 Å². The maximum atomic E-state index is 6.22. The molecule has 0 amide bonds. The topological polar surface area (TPSA) is 21.3 Å². The van der Waals surface area contributed by atoms with Crippen molar-refractivity contribution in [2.24, 2.45) is 0 Å². The third-order valence-corrected chi connectivity index (χ3v) is 11.0. The van der Waals surface area contributed by atoms with E-state index < -0.39 is 0 Å². The number of nitrogens with zero attached hydrogens (tertiary/aromatic N) is 2. The molecular weight excluding hydrogens is 669 g/mol. The van der Waals surface area contributed by atoms with Gasteiger partial charge in [-0.15, -0.1) is 0 Å². The van der Waals surface area contributed by atoms with Crippen molar-refractivity contribution in [3.63, 3.8) is 0 Å². The largest absolute Gasteiger partial charge is 0.456 e. The summed E-state index contributed by atoms with van der Waals surface area (Å²) in [6.07, 6.45) is 0. The maximum absolute atomic E-state index is 6.22. The molecule has 258 valence electrons. The second-order valence-corrected chi connectivity index (χ2v) is 14.2. The molecule has 0 fully saturated rings. The summed E-state index contributed by atoms with van der Waals surface area (Å²) in [5, 5.41) is 7.20. The molecule has 2 aromatic heterocycles. The summed E-state index contributed by atoms with van der Waals surface area (Å²) >= 11 is 0. The average molecular weight is 703 g/mol. The molecule has 0 aliphatic carbocycles. The molecule has 0 bridgehead atoms. The summed E-state index contributed by atoms with van der Waals surface area (Å²) in [5.41, 5.74) is 13.4. The average Bonchev–Trinajstić information content (AvgIpc) is 3.81. The van der Waals surface area contributed by atoms with Crippen molar-refractivity contribution in [1.29, 1.82) is 0 Å². The van der Waals surface area contributed by atoms with Crippen LogP contribution in [0.4, 0.5) is 17.1 Å². The van der Waals surface area contributed by atoms with Crippen molar-refractivity contribution in [2.45, 2.75) is 0 Å². The standard InChI is InChI=1S/C52H34N2O/c1-2-10-35(11-3-1)36-18-25-40(26-19-36)53(43-31-32-44-39(34-43)24-33-51-52(44)47-14-6-9-17-50(47)55-51)41-27-20-37(21-28-41)38-22-29-42(30-23-38)54-48-15-7-4-12-45(48)46-13-5-8-16-49(46)54/h1-34H. The number of aromatic nitrogens is 1. The Hall–Kier alpha value is -7.36. The molecule has 0 spiro atoms. The highest BCUT2D eigenvalue weighted by atomic mass is 16.3. The predicted molar refractivity (Wildman–Crippen MR) is 231 cm³/mol. The first-order valence-corrected chi connectivity index (χ1v) is 18.8. The molecule has 55 heavy (non-hydrogen) atoms. The highest BCUT2D eigenvalue weighted by Crippen LogP contribution is 2.41. The third-order valence-electron chi connectivity index (χ3n) is 11.0. The summed E-state index contributed by atoms with van der Waals surface area (Å²) in [4.78, 5) is 2.35. The van der Waals surface area contributed by atoms with Crippen molar-refractivity contribution in [3.05, 3.63) is 206 Å². The van der Waals surface area contributed by atoms with Crippen LogP contribution in [-0.4, -0.2) is 4.57 Å². The van der Waals surface area contributed by atoms with Crippen LogP contribution in [0.5, 0.6) is 0 Å². The number of hydrogen-bond donors (Lipinski definition) is 0. The molecule has 9 aromatic carbocycles. The number of anilines is 3. The number of para-hydroxylation sites is 3. The lowest BCUT2D eigenvalue weighted by atomic mass is 10.0. The number of benzene rings is 9. The van der Waals surface area contributed by atoms with Gasteiger partial charge in [-0.25, -0.2) is 0 Å². The molecule has 0 atom stereocenters. The van der Waals surface area contributed by atoms with Crippen LogP contribution in [0.1, 0.15) is 0 Å². The fourth-order valence-electron chi connectivity index (χ4n) is 8.37. The van der Waals surface area contributed by atoms with Gasteiger partial charge in [-0.05, 0) is 106 Å². The Morgan fingerprint density at radius 2 is 0.855 bits per heavy atom. The molecule has 0 aliphatic rings. The van der Waals surface area contributed by atoms with Gasteiger partial charge < -0.3 is 13.9 Å². The van der Waals surface area contributed by atoms with Gasteiger partial charge in [-0.2, -0.15) is 0 Å². The molecule has 11 aromatic rings. The Kier molecular flexibility index (Phi) is 7.17. The van der Waals surface area contributed by atoms with E-state index in [0.717, 1.165) is 44.7 Å². The number of fused-ring (bicyclic) bond motifs is 8. The van der Waals surface area contributed by atoms with Gasteiger partial charge in [-0.3, -0.25) is 0 Å². The molecule has 3 nitrogen and oxygen atoms in total. The van der Waals surface area contributed by atoms with Crippen LogP contribution in [0.3, 0.4) is 0 Å². The zero-order chi connectivity index (χ0) is 36.3. The Morgan fingerprint density at radius 1 is 0.345 bits per heavy atom. The van der Waals surface area contributed by atoms with Gasteiger partial charge in [0.25, 0.3) is 0 Å². The Bertz CT molecular complexity index is 3120. The first kappa shape index (κ1) is 31.2. The zero-order valence-corrected chi connectivity index (χ0v) is 29.9. The van der Waals surface area contributed by atoms with Crippen molar-refractivity contribution in [3.8, 4) is 27.9 Å². The number of hydrogen-bond acceptors (Lipinski definition) is 2. The minimum Gasteiger partial charge on any atom is -0.456 e. The number of rotatable bonds is 6. The summed E-state index contributed by atoms with van der Waals surface area (Å²) < 4.78 is 8.58. The lowest BCUT2D eigenvalue weighted by Gasteiger charge is -2.26. The van der Waals surface area contributed by atoms with Gasteiger partial charge in [0.1, 0.15) is 11.2 Å². The van der Waals surface area contributed by atoms with Crippen LogP contribution >= 0.6 is 0 Å². The minimum atomic E-state index is 0.911. The molecule has 0 saturated carbocycles. The molecule has 0 unspecified atom stereocenters. The third kappa shape index (κ3) is 5.20. The van der Waals surface area contributed by atoms with E-state index in [1.54, 1.807) is 0 Å². The fourth-order valence-corrected chi connectivity index (χ4v) is 8.37. The Morgan fingerprint density at radius 3 is 1.49 bits per heavy atom. The van der Waals surface area contributed by atoms with Gasteiger partial charge in [0.15, 0.2) is 0 Å². The van der Waals surface area contributed by atoms with Crippen molar-refractivity contribution < 1.29 is 4.42 Å². The van der Waals surface area contributed by atoms with Crippen molar-refractivity contribution >= 4 is 71.6 Å². The molecule has 0 aliphatic heterocycles. The molecule has 0 saturated heterocycles. The highest BCUT2D eigenvalue weighted by molar-refractivity contribution is 6.19. The number of furan rings is 1. The normalized spacial score (nSPS) is 11.6. The maximum Gasteiger partial charge on any atom is 0.136 e.